The zero-order chi connectivity index (χ0) is 25.8. The third-order valence-corrected chi connectivity index (χ3v) is 6.60. The van der Waals surface area contributed by atoms with Crippen LogP contribution in [0.5, 0.6) is 5.88 Å². The zero-order valence-electron chi connectivity index (χ0n) is 20.7. The van der Waals surface area contributed by atoms with Gasteiger partial charge in [0.25, 0.3) is 5.91 Å². The van der Waals surface area contributed by atoms with Crippen LogP contribution < -0.4 is 4.74 Å². The van der Waals surface area contributed by atoms with Crippen molar-refractivity contribution in [2.45, 2.75) is 32.5 Å². The smallest absolute Gasteiger partial charge is 0.259 e. The second-order valence-electron chi connectivity index (χ2n) is 9.47. The Labute approximate surface area is 210 Å². The summed E-state index contributed by atoms with van der Waals surface area (Å²) < 4.78 is 34.9. The van der Waals surface area contributed by atoms with Crippen molar-refractivity contribution >= 4 is 5.91 Å². The van der Waals surface area contributed by atoms with Gasteiger partial charge in [-0.25, -0.2) is 13.8 Å². The van der Waals surface area contributed by atoms with Crippen LogP contribution in [0.1, 0.15) is 29.8 Å². The summed E-state index contributed by atoms with van der Waals surface area (Å²) in [5.74, 6) is -0.960. The largest absolute Gasteiger partial charge is 0.472 e. The van der Waals surface area contributed by atoms with E-state index >= 15 is 0 Å². The molecular formula is C28H31F2N3O3. The third-order valence-electron chi connectivity index (χ3n) is 6.60. The topological polar surface area (TPSA) is 65.9 Å². The maximum absolute atomic E-state index is 14.5. The molecule has 1 aliphatic rings. The van der Waals surface area contributed by atoms with Crippen molar-refractivity contribution < 1.29 is 23.4 Å². The first-order valence-electron chi connectivity index (χ1n) is 12.0. The number of fused-ring (bicyclic) bond motifs is 1. The predicted molar refractivity (Wildman–Crippen MR) is 134 cm³/mol. The average molecular weight is 496 g/mol. The van der Waals surface area contributed by atoms with Crippen LogP contribution >= 0.6 is 0 Å². The van der Waals surface area contributed by atoms with Gasteiger partial charge in [0.2, 0.25) is 5.88 Å². The molecule has 1 amide bonds. The van der Waals surface area contributed by atoms with Crippen LogP contribution in [-0.4, -0.2) is 64.7 Å². The normalized spacial score (nSPS) is 18.9. The van der Waals surface area contributed by atoms with Gasteiger partial charge in [0.1, 0.15) is 23.3 Å². The molecule has 4 rings (SSSR count). The van der Waals surface area contributed by atoms with Crippen molar-refractivity contribution in [2.24, 2.45) is 5.92 Å². The van der Waals surface area contributed by atoms with Crippen LogP contribution in [-0.2, 0) is 6.54 Å². The number of nitrogens with zero attached hydrogens (tertiary/aromatic N) is 3. The van der Waals surface area contributed by atoms with Crippen molar-refractivity contribution in [2.75, 3.05) is 26.7 Å². The Hall–Kier alpha value is -3.36. The number of aliphatic hydroxyl groups is 1. The lowest BCUT2D eigenvalue weighted by molar-refractivity contribution is 0.0324. The molecule has 8 heteroatoms. The second kappa shape index (κ2) is 11.1. The van der Waals surface area contributed by atoms with Crippen molar-refractivity contribution in [1.82, 2.24) is 14.8 Å². The van der Waals surface area contributed by atoms with Crippen LogP contribution in [0.2, 0.25) is 0 Å². The molecule has 6 nitrogen and oxygen atoms in total. The highest BCUT2D eigenvalue weighted by atomic mass is 19.1. The molecule has 0 radical (unpaired) electrons. The third kappa shape index (κ3) is 5.55. The van der Waals surface area contributed by atoms with Crippen molar-refractivity contribution in [3.05, 3.63) is 83.6 Å². The highest BCUT2D eigenvalue weighted by Crippen LogP contribution is 2.31. The lowest BCUT2D eigenvalue weighted by Crippen LogP contribution is -2.49. The van der Waals surface area contributed by atoms with E-state index in [9.17, 15) is 18.7 Å². The van der Waals surface area contributed by atoms with Gasteiger partial charge in [0.05, 0.1) is 12.6 Å². The molecule has 2 heterocycles. The molecule has 0 saturated carbocycles. The molecule has 0 bridgehead atoms. The van der Waals surface area contributed by atoms with E-state index in [0.29, 0.717) is 36.3 Å². The minimum atomic E-state index is -0.431. The molecule has 3 aromatic rings. The number of hydrogen-bond acceptors (Lipinski definition) is 5. The number of carbonyl (C=O) groups excluding carboxylic acids is 1. The van der Waals surface area contributed by atoms with Gasteiger partial charge in [-0.2, -0.15) is 0 Å². The number of ether oxygens (including phenoxy) is 1. The van der Waals surface area contributed by atoms with E-state index in [2.05, 4.69) is 4.98 Å². The number of hydrogen-bond donors (Lipinski definition) is 1. The lowest BCUT2D eigenvalue weighted by atomic mass is 9.99. The number of rotatable bonds is 7. The number of aliphatic hydroxyl groups excluding tert-OH is 1. The van der Waals surface area contributed by atoms with Gasteiger partial charge in [-0.15, -0.1) is 0 Å². The van der Waals surface area contributed by atoms with E-state index in [0.717, 1.165) is 0 Å². The summed E-state index contributed by atoms with van der Waals surface area (Å²) in [6.07, 6.45) is 1.13. The Morgan fingerprint density at radius 2 is 1.83 bits per heavy atom. The standard InChI is InChI=1S/C28H31F2N3O3/c1-18-14-33(19(2)17-34)28(35)23-12-21(22-9-5-7-11-25(22)30)13-31-27(23)36-26(18)16-32(3)15-20-8-4-6-10-24(20)29/h4-13,18-19,26,34H,14-17H2,1-3H3/t18-,19+,26-/m1/s1. The Bertz CT molecular complexity index is 1220. The number of pyridine rings is 1. The number of benzene rings is 2. The quantitative estimate of drug-likeness (QED) is 0.527. The molecule has 1 N–H and O–H groups in total. The molecule has 36 heavy (non-hydrogen) atoms. The molecule has 0 aliphatic carbocycles. The minimum absolute atomic E-state index is 0.104. The SMILES string of the molecule is C[C@@H]1CN([C@@H](C)CO)C(=O)c2cc(-c3ccccc3F)cnc2O[C@@H]1CN(C)Cc1ccccc1F. The Morgan fingerprint density at radius 3 is 2.53 bits per heavy atom. The summed E-state index contributed by atoms with van der Waals surface area (Å²) in [4.78, 5) is 21.6. The fourth-order valence-corrected chi connectivity index (χ4v) is 4.45. The van der Waals surface area contributed by atoms with Crippen LogP contribution in [0.25, 0.3) is 11.1 Å². The summed E-state index contributed by atoms with van der Waals surface area (Å²) in [6.45, 7) is 4.75. The minimum Gasteiger partial charge on any atom is -0.472 e. The van der Waals surface area contributed by atoms with Crippen LogP contribution in [0, 0.1) is 17.6 Å². The molecule has 3 atom stereocenters. The molecule has 0 fully saturated rings. The zero-order valence-corrected chi connectivity index (χ0v) is 20.7. The first-order chi connectivity index (χ1) is 17.3. The predicted octanol–water partition coefficient (Wildman–Crippen LogP) is 4.38. The molecule has 0 unspecified atom stereocenters. The maximum Gasteiger partial charge on any atom is 0.259 e. The first kappa shape index (κ1) is 25.7. The van der Waals surface area contributed by atoms with E-state index < -0.39 is 11.9 Å². The second-order valence-corrected chi connectivity index (χ2v) is 9.47. The fraction of sp³-hybridized carbons (Fsp3) is 0.357. The van der Waals surface area contributed by atoms with Gasteiger partial charge < -0.3 is 14.7 Å². The van der Waals surface area contributed by atoms with E-state index in [-0.39, 0.29) is 41.8 Å². The van der Waals surface area contributed by atoms with Gasteiger partial charge >= 0.3 is 0 Å². The Kier molecular flexibility index (Phi) is 7.96. The summed E-state index contributed by atoms with van der Waals surface area (Å²) in [7, 11) is 1.89. The lowest BCUT2D eigenvalue weighted by Gasteiger charge is -2.37. The number of amides is 1. The van der Waals surface area contributed by atoms with Gasteiger partial charge in [-0.3, -0.25) is 9.69 Å². The molecular weight excluding hydrogens is 464 g/mol. The van der Waals surface area contributed by atoms with Gasteiger partial charge in [-0.05, 0) is 32.2 Å². The molecule has 2 aromatic carbocycles. The van der Waals surface area contributed by atoms with Crippen molar-refractivity contribution in [1.29, 1.82) is 0 Å². The number of carbonyl (C=O) groups is 1. The monoisotopic (exact) mass is 495 g/mol. The van der Waals surface area contributed by atoms with Crippen LogP contribution in [0.15, 0.2) is 60.8 Å². The maximum atomic E-state index is 14.5. The number of aromatic nitrogens is 1. The molecule has 0 saturated heterocycles. The van der Waals surface area contributed by atoms with Gasteiger partial charge in [0, 0.05) is 48.4 Å². The first-order valence-corrected chi connectivity index (χ1v) is 12.0. The summed E-state index contributed by atoms with van der Waals surface area (Å²) >= 11 is 0. The van der Waals surface area contributed by atoms with E-state index in [1.54, 1.807) is 54.3 Å². The Morgan fingerprint density at radius 1 is 1.14 bits per heavy atom. The highest BCUT2D eigenvalue weighted by molar-refractivity contribution is 5.98. The van der Waals surface area contributed by atoms with Crippen LogP contribution in [0.4, 0.5) is 8.78 Å². The van der Waals surface area contributed by atoms with Crippen molar-refractivity contribution in [3.63, 3.8) is 0 Å². The number of likely N-dealkylation sites (N-methyl/N-ethyl adjacent to an activating group) is 1. The highest BCUT2D eigenvalue weighted by Gasteiger charge is 2.34. The Balaban J connectivity index is 1.67. The molecule has 1 aromatic heterocycles. The van der Waals surface area contributed by atoms with E-state index in [1.807, 2.05) is 18.9 Å². The van der Waals surface area contributed by atoms with E-state index in [4.69, 9.17) is 4.74 Å². The van der Waals surface area contributed by atoms with Crippen LogP contribution in [0.3, 0.4) is 0 Å². The van der Waals surface area contributed by atoms with Gasteiger partial charge in [0.15, 0.2) is 0 Å². The summed E-state index contributed by atoms with van der Waals surface area (Å²) in [5.41, 5.74) is 1.59. The molecule has 1 aliphatic heterocycles. The van der Waals surface area contributed by atoms with Crippen molar-refractivity contribution in [3.8, 4) is 17.0 Å². The molecule has 0 spiro atoms. The number of halogens is 2. The summed E-state index contributed by atoms with van der Waals surface area (Å²) in [6, 6.07) is 14.1. The summed E-state index contributed by atoms with van der Waals surface area (Å²) in [5, 5.41) is 9.84. The molecule has 190 valence electrons. The fourth-order valence-electron chi connectivity index (χ4n) is 4.45. The van der Waals surface area contributed by atoms with E-state index in [1.165, 1.54) is 18.3 Å². The van der Waals surface area contributed by atoms with Gasteiger partial charge in [-0.1, -0.05) is 43.3 Å². The average Bonchev–Trinajstić information content (AvgIpc) is 2.87.